The minimum atomic E-state index is 0. The van der Waals surface area contributed by atoms with Crippen molar-refractivity contribution < 1.29 is 27.5 Å². The maximum atomic E-state index is 7.57. The molecule has 0 fully saturated rings. The maximum Gasteiger partial charge on any atom is 0.0402 e. The van der Waals surface area contributed by atoms with Gasteiger partial charge >= 0.3 is 0 Å². The third kappa shape index (κ3) is 15.9. The first-order valence-electron chi connectivity index (χ1n) is 1.02. The van der Waals surface area contributed by atoms with E-state index in [9.17, 15) is 0 Å². The molecule has 31 valence electrons. The van der Waals surface area contributed by atoms with Crippen LogP contribution >= 0.6 is 0 Å². The van der Waals surface area contributed by atoms with Crippen LogP contribution in [-0.4, -0.2) is 11.7 Å². The van der Waals surface area contributed by atoms with Gasteiger partial charge < -0.3 is 5.11 Å². The Labute approximate surface area is 41.5 Å². The van der Waals surface area contributed by atoms with Crippen molar-refractivity contribution in [3.63, 3.8) is 0 Å². The maximum absolute atomic E-state index is 7.57. The summed E-state index contributed by atoms with van der Waals surface area (Å²) < 4.78 is 0. The number of rotatable bonds is 0. The van der Waals surface area contributed by atoms with Gasteiger partial charge in [0.15, 0.2) is 0 Å². The molecule has 1 N–H and O–H groups in total. The van der Waals surface area contributed by atoms with E-state index in [1.54, 1.807) is 6.92 Å². The Kier molecular flexibility index (Phi) is 20.6. The fraction of sp³-hybridized carbons (Fsp3) is 1.00. The monoisotopic (exact) mass is 243 g/mol. The van der Waals surface area contributed by atoms with Gasteiger partial charge in [-0.3, -0.25) is 0 Å². The van der Waals surface area contributed by atoms with E-state index in [1.807, 2.05) is 0 Å². The van der Waals surface area contributed by atoms with Crippen LogP contribution < -0.4 is 0 Å². The quantitative estimate of drug-likeness (QED) is 0.593. The molecule has 0 saturated heterocycles. The summed E-state index contributed by atoms with van der Waals surface area (Å²) in [5.41, 5.74) is 0. The molecule has 0 aromatic rings. The number of aliphatic hydroxyl groups excluding tert-OH is 1. The van der Waals surface area contributed by atoms with Crippen LogP contribution in [0.3, 0.4) is 0 Å². The number of aliphatic hydroxyl groups is 1. The molecule has 0 saturated carbocycles. The van der Waals surface area contributed by atoms with Gasteiger partial charge in [0.05, 0.1) is 0 Å². The summed E-state index contributed by atoms with van der Waals surface area (Å²) in [6, 6.07) is 0. The summed E-state index contributed by atoms with van der Waals surface area (Å²) in [4.78, 5) is 0. The van der Waals surface area contributed by atoms with Crippen LogP contribution in [0.25, 0.3) is 0 Å². The molecule has 1 nitrogen and oxygen atoms in total. The molecule has 0 aromatic heterocycles. The average molecular weight is 243 g/mol. The largest absolute Gasteiger partial charge is 0.397 e. The first-order chi connectivity index (χ1) is 1.41. The summed E-state index contributed by atoms with van der Waals surface area (Å²) in [5, 5.41) is 7.57. The molecule has 0 amide bonds. The predicted octanol–water partition coefficient (Wildman–Crippen LogP) is -0.00390. The second-order valence-electron chi connectivity index (χ2n) is 0.316. The van der Waals surface area contributed by atoms with Crippen molar-refractivity contribution in [3.8, 4) is 0 Å². The number of hydrogen-bond acceptors (Lipinski definition) is 1. The van der Waals surface area contributed by atoms with Crippen molar-refractivity contribution in [1.29, 1.82) is 0 Å². The second-order valence-corrected chi connectivity index (χ2v) is 0.316. The summed E-state index contributed by atoms with van der Waals surface area (Å²) in [5.74, 6) is 0. The Balaban J connectivity index is 0. The van der Waals surface area contributed by atoms with Crippen molar-refractivity contribution in [2.45, 2.75) is 6.92 Å². The van der Waals surface area contributed by atoms with Crippen LogP contribution in [0.1, 0.15) is 6.92 Å². The fourth-order valence-electron chi connectivity index (χ4n) is 0. The molecule has 0 aromatic carbocycles. The van der Waals surface area contributed by atoms with E-state index < -0.39 is 0 Å². The first-order valence-corrected chi connectivity index (χ1v) is 1.02. The molecule has 0 heterocycles. The normalized spacial score (nSPS) is 4.50. The van der Waals surface area contributed by atoms with Crippen molar-refractivity contribution in [2.75, 3.05) is 6.61 Å². The third-order valence-corrected chi connectivity index (χ3v) is 0. The third-order valence-electron chi connectivity index (χ3n) is 0. The van der Waals surface area contributed by atoms with E-state index in [4.69, 9.17) is 5.11 Å². The SMILES string of the molecule is CCO.[Au]. The smallest absolute Gasteiger partial charge is 0.0402 e. The molecule has 0 spiro atoms. The van der Waals surface area contributed by atoms with Crippen LogP contribution in [0.15, 0.2) is 0 Å². The van der Waals surface area contributed by atoms with Crippen LogP contribution in [0.2, 0.25) is 0 Å². The van der Waals surface area contributed by atoms with Gasteiger partial charge in [0, 0.05) is 29.0 Å². The van der Waals surface area contributed by atoms with Gasteiger partial charge in [-0.05, 0) is 6.92 Å². The van der Waals surface area contributed by atoms with Gasteiger partial charge in [-0.15, -0.1) is 0 Å². The summed E-state index contributed by atoms with van der Waals surface area (Å²) in [6.07, 6.45) is 0. The van der Waals surface area contributed by atoms with Gasteiger partial charge in [0.25, 0.3) is 0 Å². The Hall–Kier alpha value is 0.700. The Bertz CT molecular complexity index is 6.00. The Morgan fingerprint density at radius 1 is 1.75 bits per heavy atom. The molecule has 4 heavy (non-hydrogen) atoms. The zero-order chi connectivity index (χ0) is 2.71. The van der Waals surface area contributed by atoms with Gasteiger partial charge in [-0.1, -0.05) is 0 Å². The van der Waals surface area contributed by atoms with Crippen LogP contribution in [0.4, 0.5) is 0 Å². The minimum Gasteiger partial charge on any atom is -0.397 e. The summed E-state index contributed by atoms with van der Waals surface area (Å²) in [6.45, 7) is 1.93. The summed E-state index contributed by atoms with van der Waals surface area (Å²) in [7, 11) is 0. The average Bonchev–Trinajstić information content (AvgIpc) is 0.918. The zero-order valence-corrected chi connectivity index (χ0v) is 4.62. The van der Waals surface area contributed by atoms with Gasteiger partial charge in [-0.25, -0.2) is 0 Å². The first kappa shape index (κ1) is 8.83. The van der Waals surface area contributed by atoms with Gasteiger partial charge in [0.2, 0.25) is 0 Å². The molecule has 2 heteroatoms. The van der Waals surface area contributed by atoms with Gasteiger partial charge in [0.1, 0.15) is 0 Å². The molecular formula is C2H6AuO. The Morgan fingerprint density at radius 3 is 1.75 bits per heavy atom. The van der Waals surface area contributed by atoms with Crippen molar-refractivity contribution in [1.82, 2.24) is 0 Å². The molecule has 0 aliphatic rings. The summed E-state index contributed by atoms with van der Waals surface area (Å²) >= 11 is 0. The standard InChI is InChI=1S/C2H6O.Au/c1-2-3;/h3H,2H2,1H3;. The molecule has 0 aliphatic carbocycles. The Morgan fingerprint density at radius 2 is 1.75 bits per heavy atom. The predicted molar refractivity (Wildman–Crippen MR) is 12.8 cm³/mol. The van der Waals surface area contributed by atoms with E-state index in [1.165, 1.54) is 0 Å². The van der Waals surface area contributed by atoms with Crippen LogP contribution in [0.5, 0.6) is 0 Å². The molecule has 0 bridgehead atoms. The van der Waals surface area contributed by atoms with Crippen LogP contribution in [-0.2, 0) is 22.4 Å². The van der Waals surface area contributed by atoms with E-state index in [2.05, 4.69) is 0 Å². The van der Waals surface area contributed by atoms with Crippen LogP contribution in [0, 0.1) is 0 Å². The van der Waals surface area contributed by atoms with Crippen molar-refractivity contribution >= 4 is 0 Å². The van der Waals surface area contributed by atoms with E-state index in [0.29, 0.717) is 0 Å². The van der Waals surface area contributed by atoms with Crippen molar-refractivity contribution in [2.24, 2.45) is 0 Å². The molecule has 0 rings (SSSR count). The van der Waals surface area contributed by atoms with Crippen molar-refractivity contribution in [3.05, 3.63) is 0 Å². The molecule has 0 atom stereocenters. The van der Waals surface area contributed by atoms with Gasteiger partial charge in [-0.2, -0.15) is 0 Å². The fourth-order valence-corrected chi connectivity index (χ4v) is 0. The molecule has 0 unspecified atom stereocenters. The van der Waals surface area contributed by atoms with E-state index >= 15 is 0 Å². The molecular weight excluding hydrogens is 237 g/mol. The molecule has 1 radical (unpaired) electrons. The number of hydrogen-bond donors (Lipinski definition) is 1. The van der Waals surface area contributed by atoms with E-state index in [0.717, 1.165) is 0 Å². The minimum absolute atomic E-state index is 0. The zero-order valence-electron chi connectivity index (χ0n) is 2.46. The second kappa shape index (κ2) is 9.33. The van der Waals surface area contributed by atoms with E-state index in [-0.39, 0.29) is 29.0 Å². The molecule has 0 aliphatic heterocycles. The topological polar surface area (TPSA) is 20.2 Å².